The van der Waals surface area contributed by atoms with Gasteiger partial charge in [0.1, 0.15) is 29.7 Å². The standard InChI is InChI=1S/C28H21BrN2O3/c1-33-24-12-10-23(11-13-24)31-28(32)22(17-30)15-19-9-14-27(26(29)16-19)34-18-21-7-4-6-20-5-2-3-8-25(20)21/h2-16H,18H2,1H3,(H,31,32)/b22-15-. The third kappa shape index (κ3) is 5.45. The highest BCUT2D eigenvalue weighted by atomic mass is 79.9. The van der Waals surface area contributed by atoms with Crippen LogP contribution in [-0.2, 0) is 11.4 Å². The number of anilines is 1. The summed E-state index contributed by atoms with van der Waals surface area (Å²) in [5, 5.41) is 14.5. The average Bonchev–Trinajstić information content (AvgIpc) is 2.87. The molecule has 0 heterocycles. The lowest BCUT2D eigenvalue weighted by molar-refractivity contribution is -0.112. The fourth-order valence-corrected chi connectivity index (χ4v) is 4.00. The van der Waals surface area contributed by atoms with Gasteiger partial charge in [0.15, 0.2) is 0 Å². The van der Waals surface area contributed by atoms with Crippen molar-refractivity contribution in [1.29, 1.82) is 5.26 Å². The molecule has 0 spiro atoms. The fourth-order valence-electron chi connectivity index (χ4n) is 3.49. The summed E-state index contributed by atoms with van der Waals surface area (Å²) in [6, 6.07) is 28.6. The van der Waals surface area contributed by atoms with Crippen molar-refractivity contribution in [3.63, 3.8) is 0 Å². The number of carbonyl (C=O) groups is 1. The van der Waals surface area contributed by atoms with E-state index in [1.54, 1.807) is 37.4 Å². The number of ether oxygens (including phenoxy) is 2. The molecule has 0 radical (unpaired) electrons. The van der Waals surface area contributed by atoms with E-state index in [9.17, 15) is 10.1 Å². The Balaban J connectivity index is 1.46. The maximum Gasteiger partial charge on any atom is 0.266 e. The topological polar surface area (TPSA) is 71.3 Å². The second kappa shape index (κ2) is 10.7. The molecular weight excluding hydrogens is 492 g/mol. The van der Waals surface area contributed by atoms with Gasteiger partial charge in [-0.25, -0.2) is 0 Å². The smallest absolute Gasteiger partial charge is 0.266 e. The van der Waals surface area contributed by atoms with Gasteiger partial charge < -0.3 is 14.8 Å². The minimum Gasteiger partial charge on any atom is -0.497 e. The van der Waals surface area contributed by atoms with Crippen LogP contribution in [0.1, 0.15) is 11.1 Å². The number of rotatable bonds is 7. The first kappa shape index (κ1) is 23.1. The Morgan fingerprint density at radius 2 is 1.79 bits per heavy atom. The van der Waals surface area contributed by atoms with Gasteiger partial charge in [-0.15, -0.1) is 0 Å². The molecule has 4 aromatic carbocycles. The van der Waals surface area contributed by atoms with Crippen LogP contribution in [0, 0.1) is 11.3 Å². The van der Waals surface area contributed by atoms with E-state index in [-0.39, 0.29) is 5.57 Å². The van der Waals surface area contributed by atoms with E-state index >= 15 is 0 Å². The predicted octanol–water partition coefficient (Wildman–Crippen LogP) is 6.74. The molecule has 0 aliphatic carbocycles. The highest BCUT2D eigenvalue weighted by Gasteiger charge is 2.11. The quantitative estimate of drug-likeness (QED) is 0.220. The zero-order valence-electron chi connectivity index (χ0n) is 18.4. The van der Waals surface area contributed by atoms with Crippen LogP contribution in [0.3, 0.4) is 0 Å². The fraction of sp³-hybridized carbons (Fsp3) is 0.0714. The zero-order chi connectivity index (χ0) is 23.9. The van der Waals surface area contributed by atoms with Crippen molar-refractivity contribution in [2.24, 2.45) is 0 Å². The first-order valence-corrected chi connectivity index (χ1v) is 11.3. The molecular formula is C28H21BrN2O3. The van der Waals surface area contributed by atoms with E-state index in [0.717, 1.165) is 15.4 Å². The molecule has 0 unspecified atom stereocenters. The maximum absolute atomic E-state index is 12.6. The number of nitrogens with one attached hydrogen (secondary N) is 1. The maximum atomic E-state index is 12.6. The van der Waals surface area contributed by atoms with Crippen LogP contribution in [0.15, 0.2) is 95.0 Å². The van der Waals surface area contributed by atoms with Gasteiger partial charge in [0.25, 0.3) is 5.91 Å². The summed E-state index contributed by atoms with van der Waals surface area (Å²) in [4.78, 5) is 12.6. The number of hydrogen-bond acceptors (Lipinski definition) is 4. The molecule has 4 rings (SSSR count). The number of halogens is 1. The van der Waals surface area contributed by atoms with Gasteiger partial charge in [-0.05, 0) is 80.3 Å². The van der Waals surface area contributed by atoms with Gasteiger partial charge in [0.05, 0.1) is 11.6 Å². The van der Waals surface area contributed by atoms with Gasteiger partial charge in [-0.1, -0.05) is 48.5 Å². The Labute approximate surface area is 206 Å². The molecule has 0 fully saturated rings. The number of fused-ring (bicyclic) bond motifs is 1. The van der Waals surface area contributed by atoms with Crippen molar-refractivity contribution in [3.8, 4) is 17.6 Å². The molecule has 6 heteroatoms. The summed E-state index contributed by atoms with van der Waals surface area (Å²) in [6.45, 7) is 0.419. The number of methoxy groups -OCH3 is 1. The third-order valence-electron chi connectivity index (χ3n) is 5.24. The van der Waals surface area contributed by atoms with Gasteiger partial charge >= 0.3 is 0 Å². The second-order valence-corrected chi connectivity index (χ2v) is 8.32. The van der Waals surface area contributed by atoms with E-state index in [2.05, 4.69) is 39.4 Å². The second-order valence-electron chi connectivity index (χ2n) is 7.47. The van der Waals surface area contributed by atoms with E-state index in [1.165, 1.54) is 11.5 Å². The Bertz CT molecular complexity index is 1400. The van der Waals surface area contributed by atoms with Gasteiger partial charge in [-0.2, -0.15) is 5.26 Å². The number of nitriles is 1. The van der Waals surface area contributed by atoms with Gasteiger partial charge in [-0.3, -0.25) is 4.79 Å². The predicted molar refractivity (Wildman–Crippen MR) is 138 cm³/mol. The van der Waals surface area contributed by atoms with Crippen molar-refractivity contribution >= 4 is 44.4 Å². The molecule has 0 bridgehead atoms. The summed E-state index contributed by atoms with van der Waals surface area (Å²) >= 11 is 3.54. The lowest BCUT2D eigenvalue weighted by atomic mass is 10.1. The lowest BCUT2D eigenvalue weighted by Gasteiger charge is -2.11. The SMILES string of the molecule is COc1ccc(NC(=O)/C(C#N)=C\c2ccc(OCc3cccc4ccccc34)c(Br)c2)cc1. The van der Waals surface area contributed by atoms with Crippen LogP contribution in [0.2, 0.25) is 0 Å². The van der Waals surface area contributed by atoms with Crippen LogP contribution >= 0.6 is 15.9 Å². The largest absolute Gasteiger partial charge is 0.497 e. The van der Waals surface area contributed by atoms with Gasteiger partial charge in [0.2, 0.25) is 0 Å². The van der Waals surface area contributed by atoms with Crippen molar-refractivity contribution in [1.82, 2.24) is 0 Å². The molecule has 5 nitrogen and oxygen atoms in total. The van der Waals surface area contributed by atoms with Crippen LogP contribution in [-0.4, -0.2) is 13.0 Å². The minimum absolute atomic E-state index is 0.00728. The Hall–Kier alpha value is -4.08. The first-order chi connectivity index (χ1) is 16.6. The van der Waals surface area contributed by atoms with Crippen molar-refractivity contribution in [2.45, 2.75) is 6.61 Å². The highest BCUT2D eigenvalue weighted by molar-refractivity contribution is 9.10. The van der Waals surface area contributed by atoms with Crippen molar-refractivity contribution in [2.75, 3.05) is 12.4 Å². The molecule has 1 amide bonds. The van der Waals surface area contributed by atoms with Crippen LogP contribution in [0.25, 0.3) is 16.8 Å². The number of amides is 1. The molecule has 0 saturated heterocycles. The number of hydrogen-bond donors (Lipinski definition) is 1. The normalized spacial score (nSPS) is 11.0. The van der Waals surface area contributed by atoms with E-state index in [4.69, 9.17) is 9.47 Å². The molecule has 4 aromatic rings. The molecule has 0 aliphatic heterocycles. The summed E-state index contributed by atoms with van der Waals surface area (Å²) < 4.78 is 11.9. The van der Waals surface area contributed by atoms with Gasteiger partial charge in [0, 0.05) is 5.69 Å². The van der Waals surface area contributed by atoms with Crippen LogP contribution < -0.4 is 14.8 Å². The average molecular weight is 513 g/mol. The first-order valence-electron chi connectivity index (χ1n) is 10.5. The number of carbonyl (C=O) groups excluding carboxylic acids is 1. The number of benzene rings is 4. The molecule has 34 heavy (non-hydrogen) atoms. The van der Waals surface area contributed by atoms with E-state index in [1.807, 2.05) is 42.5 Å². The molecule has 0 aliphatic rings. The summed E-state index contributed by atoms with van der Waals surface area (Å²) in [5.74, 6) is 0.869. The highest BCUT2D eigenvalue weighted by Crippen LogP contribution is 2.29. The Morgan fingerprint density at radius 3 is 2.53 bits per heavy atom. The molecule has 0 saturated carbocycles. The molecule has 0 atom stereocenters. The Kier molecular flexibility index (Phi) is 7.26. The summed E-state index contributed by atoms with van der Waals surface area (Å²) in [6.07, 6.45) is 1.54. The number of nitrogens with zero attached hydrogens (tertiary/aromatic N) is 1. The summed E-state index contributed by atoms with van der Waals surface area (Å²) in [5.41, 5.74) is 2.36. The molecule has 1 N–H and O–H groups in total. The van der Waals surface area contributed by atoms with E-state index < -0.39 is 5.91 Å². The zero-order valence-corrected chi connectivity index (χ0v) is 20.0. The van der Waals surface area contributed by atoms with Crippen LogP contribution in [0.5, 0.6) is 11.5 Å². The monoisotopic (exact) mass is 512 g/mol. The minimum atomic E-state index is -0.486. The molecule has 168 valence electrons. The summed E-state index contributed by atoms with van der Waals surface area (Å²) in [7, 11) is 1.57. The van der Waals surface area contributed by atoms with Crippen LogP contribution in [0.4, 0.5) is 5.69 Å². The van der Waals surface area contributed by atoms with Crippen molar-refractivity contribution < 1.29 is 14.3 Å². The van der Waals surface area contributed by atoms with E-state index in [0.29, 0.717) is 29.4 Å². The van der Waals surface area contributed by atoms with Crippen molar-refractivity contribution in [3.05, 3.63) is 106 Å². The Morgan fingerprint density at radius 1 is 1.03 bits per heavy atom. The molecule has 0 aromatic heterocycles. The third-order valence-corrected chi connectivity index (χ3v) is 5.86. The lowest BCUT2D eigenvalue weighted by Crippen LogP contribution is -2.13.